The van der Waals surface area contributed by atoms with E-state index in [0.29, 0.717) is 0 Å². The number of carbonyl (C=O) groups excluding carboxylic acids is 1. The smallest absolute Gasteiger partial charge is 0.459 e. The number of nitrogens with one attached hydrogen (secondary N) is 1. The predicted octanol–water partition coefficient (Wildman–Crippen LogP) is 2.79. The number of nitrogen functional groups attached to an aromatic ring is 1. The third-order valence-corrected chi connectivity index (χ3v) is 7.00. The van der Waals surface area contributed by atoms with Gasteiger partial charge in [0.1, 0.15) is 11.8 Å². The van der Waals surface area contributed by atoms with Gasteiger partial charge in [-0.2, -0.15) is 15.1 Å². The van der Waals surface area contributed by atoms with E-state index in [1.165, 1.54) is 24.9 Å². The van der Waals surface area contributed by atoms with E-state index < -0.39 is 38.3 Å². The number of aliphatic hydroxyl groups excluding tert-OH is 1. The van der Waals surface area contributed by atoms with Crippen molar-refractivity contribution in [3.05, 3.63) is 36.7 Å². The van der Waals surface area contributed by atoms with Crippen molar-refractivity contribution >= 4 is 30.8 Å². The number of fused-ring (bicyclic) bond motifs is 1. The van der Waals surface area contributed by atoms with Gasteiger partial charge in [0.05, 0.1) is 39.4 Å². The molecule has 0 aliphatic rings. The minimum atomic E-state index is -4.17. The third-order valence-electron chi connectivity index (χ3n) is 5.32. The van der Waals surface area contributed by atoms with Crippen LogP contribution >= 0.6 is 7.75 Å². The number of imidazole rings is 1. The van der Waals surface area contributed by atoms with E-state index in [1.807, 2.05) is 0 Å². The molecule has 14 nitrogen and oxygen atoms in total. The van der Waals surface area contributed by atoms with Crippen LogP contribution in [0.5, 0.6) is 11.6 Å². The van der Waals surface area contributed by atoms with Gasteiger partial charge in [0, 0.05) is 0 Å². The largest absolute Gasteiger partial charge is 0.479 e. The molecular weight excluding hydrogens is 550 g/mol. The lowest BCUT2D eigenvalue weighted by Crippen LogP contribution is -2.38. The SMILES string of the molecule is COc1nc(N)nc2c1ncn2[C@H](OCCO[P@@](=O)(N[C@H](C)C(=O)OC(C)C)Oc1ccccc1)[C@](C)(F)CO. The summed E-state index contributed by atoms with van der Waals surface area (Å²) in [4.78, 5) is 24.5. The Kier molecular flexibility index (Phi) is 10.4. The van der Waals surface area contributed by atoms with Crippen LogP contribution in [-0.2, 0) is 23.4 Å². The Labute approximate surface area is 230 Å². The number of nitrogens with zero attached hydrogens (tertiary/aromatic N) is 4. The summed E-state index contributed by atoms with van der Waals surface area (Å²) >= 11 is 0. The zero-order chi connectivity index (χ0) is 29.5. The van der Waals surface area contributed by atoms with Crippen LogP contribution in [0, 0.1) is 0 Å². The molecule has 4 atom stereocenters. The average molecular weight is 585 g/mol. The number of aliphatic hydroxyl groups is 1. The summed E-state index contributed by atoms with van der Waals surface area (Å²) in [6.07, 6.45) is -0.612. The van der Waals surface area contributed by atoms with Gasteiger partial charge >= 0.3 is 13.7 Å². The van der Waals surface area contributed by atoms with Gasteiger partial charge in [0.2, 0.25) is 11.8 Å². The highest BCUT2D eigenvalue weighted by atomic mass is 31.2. The van der Waals surface area contributed by atoms with E-state index in [1.54, 1.807) is 44.2 Å². The highest BCUT2D eigenvalue weighted by molar-refractivity contribution is 7.52. The van der Waals surface area contributed by atoms with Crippen LogP contribution in [0.3, 0.4) is 0 Å². The van der Waals surface area contributed by atoms with Gasteiger partial charge < -0.3 is 29.6 Å². The second-order valence-corrected chi connectivity index (χ2v) is 10.8. The van der Waals surface area contributed by atoms with Crippen LogP contribution in [0.1, 0.15) is 33.9 Å². The molecule has 0 saturated carbocycles. The maximum Gasteiger partial charge on any atom is 0.459 e. The number of aromatic nitrogens is 4. The summed E-state index contributed by atoms with van der Waals surface area (Å²) < 4.78 is 57.5. The summed E-state index contributed by atoms with van der Waals surface area (Å²) in [5.41, 5.74) is 3.74. The molecule has 0 aliphatic heterocycles. The van der Waals surface area contributed by atoms with Crippen LogP contribution in [-0.4, -0.2) is 75.3 Å². The lowest BCUT2D eigenvalue weighted by Gasteiger charge is -2.30. The molecule has 1 aromatic carbocycles. The monoisotopic (exact) mass is 584 g/mol. The molecular formula is C24H34FN6O8P. The zero-order valence-corrected chi connectivity index (χ0v) is 23.7. The molecule has 0 bridgehead atoms. The molecule has 16 heteroatoms. The van der Waals surface area contributed by atoms with E-state index in [0.717, 1.165) is 6.92 Å². The van der Waals surface area contributed by atoms with Crippen molar-refractivity contribution in [1.29, 1.82) is 0 Å². The van der Waals surface area contributed by atoms with Crippen molar-refractivity contribution in [3.63, 3.8) is 0 Å². The molecule has 0 saturated heterocycles. The van der Waals surface area contributed by atoms with Gasteiger partial charge in [0.15, 0.2) is 23.1 Å². The first-order chi connectivity index (χ1) is 18.9. The Morgan fingerprint density at radius 2 is 1.93 bits per heavy atom. The molecule has 0 fully saturated rings. The number of rotatable bonds is 15. The predicted molar refractivity (Wildman–Crippen MR) is 142 cm³/mol. The number of ether oxygens (including phenoxy) is 3. The number of anilines is 1. The van der Waals surface area contributed by atoms with Gasteiger partial charge in [-0.1, -0.05) is 18.2 Å². The van der Waals surface area contributed by atoms with E-state index in [-0.39, 0.29) is 48.1 Å². The lowest BCUT2D eigenvalue weighted by atomic mass is 10.1. The Balaban J connectivity index is 1.78. The van der Waals surface area contributed by atoms with Crippen molar-refractivity contribution in [2.24, 2.45) is 0 Å². The standard InChI is InChI=1S/C24H34FN6O8P/c1-15(2)38-21(33)16(3)30-40(34,39-17-9-7-6-8-10-17)37-12-11-36-22(24(4,25)13-32)31-14-27-18-19(31)28-23(26)29-20(18)35-5/h6-10,14-16,22,32H,11-13H2,1-5H3,(H,30,34)(H2,26,28,29)/t16-,22-,24-,40+/m1/s1. The summed E-state index contributed by atoms with van der Waals surface area (Å²) in [7, 11) is -2.80. The molecule has 0 spiro atoms. The number of carbonyl (C=O) groups is 1. The molecule has 3 rings (SSSR count). The second kappa shape index (κ2) is 13.3. The normalized spacial score (nSPS) is 16.2. The number of methoxy groups -OCH3 is 1. The summed E-state index contributed by atoms with van der Waals surface area (Å²) in [5.74, 6) is -0.517. The number of alkyl halides is 1. The molecule has 0 amide bonds. The minimum absolute atomic E-state index is 0.0723. The van der Waals surface area contributed by atoms with Crippen LogP contribution in [0.2, 0.25) is 0 Å². The van der Waals surface area contributed by atoms with Crippen molar-refractivity contribution in [2.45, 2.75) is 51.7 Å². The molecule has 0 unspecified atom stereocenters. The quantitative estimate of drug-likeness (QED) is 0.135. The maximum absolute atomic E-state index is 15.5. The first-order valence-corrected chi connectivity index (χ1v) is 13.9. The van der Waals surface area contributed by atoms with Gasteiger partial charge in [0.25, 0.3) is 0 Å². The van der Waals surface area contributed by atoms with E-state index in [9.17, 15) is 14.5 Å². The third kappa shape index (κ3) is 7.86. The molecule has 4 N–H and O–H groups in total. The highest BCUT2D eigenvalue weighted by Crippen LogP contribution is 2.45. The second-order valence-electron chi connectivity index (χ2n) is 9.15. The fourth-order valence-corrected chi connectivity index (χ4v) is 4.97. The van der Waals surface area contributed by atoms with Crippen molar-refractivity contribution in [1.82, 2.24) is 24.6 Å². The molecule has 2 aromatic heterocycles. The zero-order valence-electron chi connectivity index (χ0n) is 22.8. The van der Waals surface area contributed by atoms with E-state index in [4.69, 9.17) is 29.0 Å². The Hall–Kier alpha value is -3.36. The molecule has 0 radical (unpaired) electrons. The first-order valence-electron chi connectivity index (χ1n) is 12.3. The van der Waals surface area contributed by atoms with Crippen LogP contribution in [0.4, 0.5) is 10.3 Å². The topological polar surface area (TPSA) is 182 Å². The molecule has 2 heterocycles. The maximum atomic E-state index is 15.5. The van der Waals surface area contributed by atoms with Crippen molar-refractivity contribution in [2.75, 3.05) is 32.7 Å². The molecule has 40 heavy (non-hydrogen) atoms. The number of nitrogens with two attached hydrogens (primary N) is 1. The van der Waals surface area contributed by atoms with Crippen molar-refractivity contribution < 1.29 is 42.1 Å². The number of para-hydroxylation sites is 1. The molecule has 3 aromatic rings. The molecule has 0 aliphatic carbocycles. The minimum Gasteiger partial charge on any atom is -0.479 e. The van der Waals surface area contributed by atoms with Crippen LogP contribution in [0.15, 0.2) is 36.7 Å². The van der Waals surface area contributed by atoms with Gasteiger partial charge in [-0.05, 0) is 39.8 Å². The van der Waals surface area contributed by atoms with Gasteiger partial charge in [-0.3, -0.25) is 13.9 Å². The molecule has 220 valence electrons. The first kappa shape index (κ1) is 31.2. The number of hydrogen-bond donors (Lipinski definition) is 3. The number of esters is 1. The van der Waals surface area contributed by atoms with Crippen molar-refractivity contribution in [3.8, 4) is 11.6 Å². The van der Waals surface area contributed by atoms with E-state index in [2.05, 4.69) is 20.0 Å². The summed E-state index contributed by atoms with van der Waals surface area (Å²) in [5, 5.41) is 12.3. The van der Waals surface area contributed by atoms with Crippen LogP contribution < -0.4 is 20.1 Å². The summed E-state index contributed by atoms with van der Waals surface area (Å²) in [6, 6.07) is 7.15. The fourth-order valence-electron chi connectivity index (χ4n) is 3.49. The number of halogens is 1. The van der Waals surface area contributed by atoms with Crippen LogP contribution in [0.25, 0.3) is 11.2 Å². The Bertz CT molecular complexity index is 1330. The number of benzene rings is 1. The lowest BCUT2D eigenvalue weighted by molar-refractivity contribution is -0.149. The Morgan fingerprint density at radius 3 is 2.55 bits per heavy atom. The number of hydrogen-bond acceptors (Lipinski definition) is 12. The van der Waals surface area contributed by atoms with Gasteiger partial charge in [-0.25, -0.2) is 13.9 Å². The highest BCUT2D eigenvalue weighted by Gasteiger charge is 2.38. The van der Waals surface area contributed by atoms with Gasteiger partial charge in [-0.15, -0.1) is 0 Å². The van der Waals surface area contributed by atoms with E-state index >= 15 is 4.39 Å². The fraction of sp³-hybridized carbons (Fsp3) is 0.500. The Morgan fingerprint density at radius 1 is 1.23 bits per heavy atom. The summed E-state index contributed by atoms with van der Waals surface area (Å²) in [6.45, 7) is 4.33. The average Bonchev–Trinajstić information content (AvgIpc) is 3.31.